The van der Waals surface area contributed by atoms with Crippen LogP contribution < -0.4 is 15.5 Å². The second-order valence-electron chi connectivity index (χ2n) is 6.81. The number of fused-ring (bicyclic) bond motifs is 2. The lowest BCUT2D eigenvalue weighted by Gasteiger charge is -2.35. The van der Waals surface area contributed by atoms with Crippen molar-refractivity contribution in [2.75, 3.05) is 17.3 Å². The minimum atomic E-state index is -0.0920. The van der Waals surface area contributed by atoms with Crippen molar-refractivity contribution in [1.29, 1.82) is 0 Å². The van der Waals surface area contributed by atoms with E-state index in [1.165, 1.54) is 12.8 Å². The summed E-state index contributed by atoms with van der Waals surface area (Å²) in [7, 11) is 2.03. The van der Waals surface area contributed by atoms with E-state index in [0.717, 1.165) is 12.8 Å². The lowest BCUT2D eigenvalue weighted by molar-refractivity contribution is 0.276. The smallest absolute Gasteiger partial charge is 0.228 e. The van der Waals surface area contributed by atoms with Crippen LogP contribution in [0.1, 0.15) is 31.4 Å². The molecule has 3 atom stereocenters. The van der Waals surface area contributed by atoms with Crippen LogP contribution in [0.25, 0.3) is 0 Å². The standard InChI is InChI=1S/C16H22ClN7O/c1-24(12-4-9-2-3-10(5-12)18-9)16-19-13(17)7-14(21-16)20-15-6-11(8-25)22-23-15/h6-7,9-10,12,18,25H,2-5,8H2,1H3,(H2,19,20,21,22,23)/t9-,10+,12?. The number of H-pyrrole nitrogens is 1. The van der Waals surface area contributed by atoms with Gasteiger partial charge in [-0.1, -0.05) is 11.6 Å². The van der Waals surface area contributed by atoms with Crippen molar-refractivity contribution in [3.8, 4) is 0 Å². The van der Waals surface area contributed by atoms with Crippen LogP contribution in [-0.4, -0.2) is 50.4 Å². The van der Waals surface area contributed by atoms with Crippen LogP contribution in [-0.2, 0) is 6.61 Å². The first-order valence-corrected chi connectivity index (χ1v) is 8.94. The van der Waals surface area contributed by atoms with Crippen molar-refractivity contribution in [1.82, 2.24) is 25.5 Å². The molecule has 0 aromatic carbocycles. The molecule has 2 aliphatic rings. The highest BCUT2D eigenvalue weighted by atomic mass is 35.5. The third-order valence-corrected chi connectivity index (χ3v) is 5.25. The maximum absolute atomic E-state index is 9.11. The predicted molar refractivity (Wildman–Crippen MR) is 96.2 cm³/mol. The van der Waals surface area contributed by atoms with Gasteiger partial charge in [0.15, 0.2) is 5.82 Å². The summed E-state index contributed by atoms with van der Waals surface area (Å²) in [6.45, 7) is -0.0920. The number of halogens is 1. The molecule has 4 rings (SSSR count). The minimum absolute atomic E-state index is 0.0920. The van der Waals surface area contributed by atoms with E-state index in [-0.39, 0.29) is 6.61 Å². The molecule has 2 aromatic rings. The van der Waals surface area contributed by atoms with Gasteiger partial charge in [-0.15, -0.1) is 0 Å². The molecule has 25 heavy (non-hydrogen) atoms. The van der Waals surface area contributed by atoms with Crippen molar-refractivity contribution >= 4 is 29.2 Å². The highest BCUT2D eigenvalue weighted by Crippen LogP contribution is 2.31. The summed E-state index contributed by atoms with van der Waals surface area (Å²) in [4.78, 5) is 11.1. The summed E-state index contributed by atoms with van der Waals surface area (Å²) in [5.41, 5.74) is 0.630. The topological polar surface area (TPSA) is 102 Å². The molecule has 1 unspecified atom stereocenters. The van der Waals surface area contributed by atoms with Gasteiger partial charge in [-0.05, 0) is 25.7 Å². The van der Waals surface area contributed by atoms with Crippen LogP contribution >= 0.6 is 11.6 Å². The van der Waals surface area contributed by atoms with Crippen molar-refractivity contribution in [3.05, 3.63) is 23.0 Å². The number of piperidine rings is 1. The fourth-order valence-electron chi connectivity index (χ4n) is 3.77. The fourth-order valence-corrected chi connectivity index (χ4v) is 3.95. The van der Waals surface area contributed by atoms with Gasteiger partial charge in [-0.2, -0.15) is 10.1 Å². The molecule has 134 valence electrons. The van der Waals surface area contributed by atoms with Crippen LogP contribution in [0.15, 0.2) is 12.1 Å². The first kappa shape index (κ1) is 16.6. The number of nitrogens with one attached hydrogen (secondary N) is 3. The normalized spacial score (nSPS) is 25.2. The molecule has 4 N–H and O–H groups in total. The van der Waals surface area contributed by atoms with E-state index in [0.29, 0.717) is 46.6 Å². The first-order chi connectivity index (χ1) is 12.1. The van der Waals surface area contributed by atoms with Gasteiger partial charge in [0.2, 0.25) is 5.95 Å². The van der Waals surface area contributed by atoms with Gasteiger partial charge >= 0.3 is 0 Å². The van der Waals surface area contributed by atoms with Crippen LogP contribution in [0.3, 0.4) is 0 Å². The molecule has 0 aliphatic carbocycles. The Morgan fingerprint density at radius 1 is 1.24 bits per heavy atom. The van der Waals surface area contributed by atoms with Gasteiger partial charge in [-0.3, -0.25) is 5.10 Å². The number of hydrogen-bond acceptors (Lipinski definition) is 7. The van der Waals surface area contributed by atoms with Crippen molar-refractivity contribution in [2.24, 2.45) is 0 Å². The molecule has 0 radical (unpaired) electrons. The number of hydrogen-bond donors (Lipinski definition) is 4. The Bertz CT molecular complexity index is 740. The predicted octanol–water partition coefficient (Wildman–Crippen LogP) is 1.81. The van der Waals surface area contributed by atoms with Crippen LogP contribution in [0, 0.1) is 0 Å². The zero-order valence-corrected chi connectivity index (χ0v) is 14.8. The van der Waals surface area contributed by atoms with Gasteiger partial charge < -0.3 is 20.6 Å². The number of anilines is 3. The lowest BCUT2D eigenvalue weighted by Crippen LogP contribution is -2.47. The van der Waals surface area contributed by atoms with Gasteiger partial charge in [0.25, 0.3) is 0 Å². The Hall–Kier alpha value is -1.90. The molecule has 2 saturated heterocycles. The van der Waals surface area contributed by atoms with Gasteiger partial charge in [-0.25, -0.2) is 4.98 Å². The van der Waals surface area contributed by atoms with Gasteiger partial charge in [0.1, 0.15) is 11.0 Å². The molecule has 2 aromatic heterocycles. The molecule has 4 heterocycles. The lowest BCUT2D eigenvalue weighted by atomic mass is 9.99. The Morgan fingerprint density at radius 2 is 2.00 bits per heavy atom. The molecular formula is C16H22ClN7O. The van der Waals surface area contributed by atoms with Crippen molar-refractivity contribution < 1.29 is 5.11 Å². The summed E-state index contributed by atoms with van der Waals surface area (Å²) >= 11 is 6.20. The molecule has 0 amide bonds. The van der Waals surface area contributed by atoms with Gasteiger partial charge in [0, 0.05) is 37.3 Å². The van der Waals surface area contributed by atoms with Crippen molar-refractivity contribution in [2.45, 2.75) is 50.4 Å². The number of nitrogens with zero attached hydrogens (tertiary/aromatic N) is 4. The maximum Gasteiger partial charge on any atom is 0.228 e. The monoisotopic (exact) mass is 363 g/mol. The van der Waals surface area contributed by atoms with Crippen LogP contribution in [0.5, 0.6) is 0 Å². The Labute approximate surface area is 151 Å². The Morgan fingerprint density at radius 3 is 2.68 bits per heavy atom. The summed E-state index contributed by atoms with van der Waals surface area (Å²) in [5.74, 6) is 1.77. The van der Waals surface area contributed by atoms with E-state index >= 15 is 0 Å². The SMILES string of the molecule is CN(c1nc(Cl)cc(Nc2cc(CO)[nH]n2)n1)C1C[C@H]2CC[C@@H](C1)N2. The highest BCUT2D eigenvalue weighted by Gasteiger charge is 2.35. The second-order valence-corrected chi connectivity index (χ2v) is 7.20. The Balaban J connectivity index is 1.52. The minimum Gasteiger partial charge on any atom is -0.390 e. The summed E-state index contributed by atoms with van der Waals surface area (Å²) in [5, 5.41) is 23.1. The van der Waals surface area contributed by atoms with E-state index in [9.17, 15) is 0 Å². The first-order valence-electron chi connectivity index (χ1n) is 8.56. The van der Waals surface area contributed by atoms with E-state index < -0.39 is 0 Å². The molecular weight excluding hydrogens is 342 g/mol. The van der Waals surface area contributed by atoms with E-state index in [4.69, 9.17) is 16.7 Å². The summed E-state index contributed by atoms with van der Waals surface area (Å²) in [6, 6.07) is 5.01. The van der Waals surface area contributed by atoms with E-state index in [2.05, 4.69) is 35.7 Å². The number of aromatic amines is 1. The molecule has 0 spiro atoms. The highest BCUT2D eigenvalue weighted by molar-refractivity contribution is 6.29. The van der Waals surface area contributed by atoms with Crippen LogP contribution in [0.2, 0.25) is 5.15 Å². The van der Waals surface area contributed by atoms with Crippen LogP contribution in [0.4, 0.5) is 17.6 Å². The fraction of sp³-hybridized carbons (Fsp3) is 0.562. The Kier molecular flexibility index (Phi) is 4.49. The zero-order valence-electron chi connectivity index (χ0n) is 14.0. The number of aliphatic hydroxyl groups is 1. The third-order valence-electron chi connectivity index (χ3n) is 5.05. The third kappa shape index (κ3) is 3.56. The number of rotatable bonds is 5. The summed E-state index contributed by atoms with van der Waals surface area (Å²) in [6.07, 6.45) is 4.71. The van der Waals surface area contributed by atoms with Gasteiger partial charge in [0.05, 0.1) is 12.3 Å². The van der Waals surface area contributed by atoms with E-state index in [1.807, 2.05) is 7.05 Å². The zero-order chi connectivity index (χ0) is 17.4. The second kappa shape index (κ2) is 6.78. The number of aliphatic hydroxyl groups excluding tert-OH is 1. The molecule has 2 fully saturated rings. The maximum atomic E-state index is 9.11. The van der Waals surface area contributed by atoms with Crippen molar-refractivity contribution in [3.63, 3.8) is 0 Å². The molecule has 0 saturated carbocycles. The quantitative estimate of drug-likeness (QED) is 0.601. The molecule has 2 aliphatic heterocycles. The largest absolute Gasteiger partial charge is 0.390 e. The summed E-state index contributed by atoms with van der Waals surface area (Å²) < 4.78 is 0. The average molecular weight is 364 g/mol. The molecule has 2 bridgehead atoms. The molecule has 8 nitrogen and oxygen atoms in total. The molecule has 9 heteroatoms. The number of aromatic nitrogens is 4. The van der Waals surface area contributed by atoms with E-state index in [1.54, 1.807) is 12.1 Å². The average Bonchev–Trinajstić information content (AvgIpc) is 3.19.